The first-order chi connectivity index (χ1) is 12.5. The van der Waals surface area contributed by atoms with Crippen molar-refractivity contribution in [3.8, 4) is 28.0 Å². The first kappa shape index (κ1) is 17.8. The minimum absolute atomic E-state index is 0.118. The van der Waals surface area contributed by atoms with Gasteiger partial charge in [0.05, 0.1) is 6.61 Å². The molecule has 3 aromatic carbocycles. The van der Waals surface area contributed by atoms with Crippen LogP contribution in [0.15, 0.2) is 61.2 Å². The van der Waals surface area contributed by atoms with Crippen molar-refractivity contribution in [2.24, 2.45) is 0 Å². The van der Waals surface area contributed by atoms with Gasteiger partial charge >= 0.3 is 0 Å². The van der Waals surface area contributed by atoms with Gasteiger partial charge in [-0.2, -0.15) is 0 Å². The maximum absolute atomic E-state index is 14.2. The fourth-order valence-electron chi connectivity index (χ4n) is 2.74. The maximum atomic E-state index is 14.2. The van der Waals surface area contributed by atoms with Gasteiger partial charge in [0.2, 0.25) is 0 Å². The van der Waals surface area contributed by atoms with Gasteiger partial charge in [-0.3, -0.25) is 0 Å². The fourth-order valence-corrected chi connectivity index (χ4v) is 2.74. The minimum Gasteiger partial charge on any atom is -0.491 e. The topological polar surface area (TPSA) is 9.23 Å². The van der Waals surface area contributed by atoms with E-state index < -0.39 is 17.5 Å². The monoisotopic (exact) mass is 354 g/mol. The Bertz CT molecular complexity index is 946. The van der Waals surface area contributed by atoms with Gasteiger partial charge in [-0.05, 0) is 35.7 Å². The van der Waals surface area contributed by atoms with Gasteiger partial charge in [0.25, 0.3) is 0 Å². The lowest BCUT2D eigenvalue weighted by molar-refractivity contribution is 0.321. The molecule has 26 heavy (non-hydrogen) atoms. The molecule has 132 valence electrons. The van der Waals surface area contributed by atoms with Gasteiger partial charge in [-0.25, -0.2) is 13.2 Å². The van der Waals surface area contributed by atoms with Crippen molar-refractivity contribution < 1.29 is 17.9 Å². The molecule has 0 saturated heterocycles. The number of benzene rings is 3. The average Bonchev–Trinajstić information content (AvgIpc) is 2.66. The quantitative estimate of drug-likeness (QED) is 0.509. The van der Waals surface area contributed by atoms with Gasteiger partial charge in [0.1, 0.15) is 0 Å². The molecule has 0 aromatic heterocycles. The Morgan fingerprint density at radius 1 is 0.846 bits per heavy atom. The van der Waals surface area contributed by atoms with Crippen molar-refractivity contribution in [3.63, 3.8) is 0 Å². The second kappa shape index (κ2) is 7.48. The van der Waals surface area contributed by atoms with Crippen molar-refractivity contribution in [3.05, 3.63) is 84.2 Å². The van der Waals surface area contributed by atoms with E-state index in [1.807, 2.05) is 0 Å². The predicted molar refractivity (Wildman–Crippen MR) is 98.4 cm³/mol. The lowest BCUT2D eigenvalue weighted by Crippen LogP contribution is -1.95. The van der Waals surface area contributed by atoms with Gasteiger partial charge in [0, 0.05) is 11.1 Å². The average molecular weight is 354 g/mol. The molecule has 0 bridgehead atoms. The van der Waals surface area contributed by atoms with Crippen molar-refractivity contribution in [2.45, 2.75) is 6.92 Å². The lowest BCUT2D eigenvalue weighted by atomic mass is 9.98. The Morgan fingerprint density at radius 2 is 1.50 bits per heavy atom. The Balaban J connectivity index is 1.93. The molecule has 4 heteroatoms. The molecule has 0 aliphatic heterocycles. The fraction of sp³-hybridized carbons (Fsp3) is 0.0909. The van der Waals surface area contributed by atoms with E-state index in [1.165, 1.54) is 24.3 Å². The van der Waals surface area contributed by atoms with Crippen LogP contribution in [0.2, 0.25) is 0 Å². The van der Waals surface area contributed by atoms with E-state index in [0.717, 1.165) is 5.56 Å². The smallest absolute Gasteiger partial charge is 0.167 e. The normalized spacial score (nSPS) is 10.6. The molecule has 0 spiro atoms. The summed E-state index contributed by atoms with van der Waals surface area (Å²) in [7, 11) is 0. The number of halogens is 3. The van der Waals surface area contributed by atoms with E-state index in [1.54, 1.807) is 43.3 Å². The zero-order valence-electron chi connectivity index (χ0n) is 14.2. The lowest BCUT2D eigenvalue weighted by Gasteiger charge is -2.09. The largest absolute Gasteiger partial charge is 0.491 e. The second-order valence-corrected chi connectivity index (χ2v) is 5.69. The molecule has 1 nitrogen and oxygen atoms in total. The predicted octanol–water partition coefficient (Wildman–Crippen LogP) is 6.48. The molecule has 0 atom stereocenters. The molecule has 0 amide bonds. The summed E-state index contributed by atoms with van der Waals surface area (Å²) in [5, 5.41) is 0. The second-order valence-electron chi connectivity index (χ2n) is 5.69. The van der Waals surface area contributed by atoms with Crippen LogP contribution in [0.25, 0.3) is 28.3 Å². The third-order valence-corrected chi connectivity index (χ3v) is 4.09. The third-order valence-electron chi connectivity index (χ3n) is 4.09. The first-order valence-corrected chi connectivity index (χ1v) is 8.18. The summed E-state index contributed by atoms with van der Waals surface area (Å²) >= 11 is 0. The molecule has 3 rings (SSSR count). The van der Waals surface area contributed by atoms with Crippen molar-refractivity contribution in [2.75, 3.05) is 6.61 Å². The molecule has 0 aliphatic rings. The van der Waals surface area contributed by atoms with Crippen LogP contribution in [-0.2, 0) is 0 Å². The molecular weight excluding hydrogens is 337 g/mol. The van der Waals surface area contributed by atoms with E-state index >= 15 is 0 Å². The Morgan fingerprint density at radius 3 is 2.12 bits per heavy atom. The zero-order chi connectivity index (χ0) is 18.7. The van der Waals surface area contributed by atoms with Crippen LogP contribution in [0, 0.1) is 17.5 Å². The van der Waals surface area contributed by atoms with E-state index in [4.69, 9.17) is 4.74 Å². The highest BCUT2D eigenvalue weighted by Gasteiger charge is 2.13. The highest BCUT2D eigenvalue weighted by atomic mass is 19.2. The van der Waals surface area contributed by atoms with Gasteiger partial charge in [-0.1, -0.05) is 55.1 Å². The zero-order valence-corrected chi connectivity index (χ0v) is 14.2. The standard InChI is InChI=1S/C22H17F3O/c1-3-14-9-11-18(22(25)21(14)24)16-7-5-15(6-8-16)17-10-12-20(26-4-2)19(23)13-17/h3,5-13H,1,4H2,2H3. The Kier molecular flexibility index (Phi) is 5.12. The summed E-state index contributed by atoms with van der Waals surface area (Å²) in [4.78, 5) is 0. The molecule has 0 saturated carbocycles. The summed E-state index contributed by atoms with van der Waals surface area (Å²) in [6, 6.07) is 14.5. The summed E-state index contributed by atoms with van der Waals surface area (Å²) in [5.41, 5.74) is 2.25. The van der Waals surface area contributed by atoms with Gasteiger partial charge in [-0.15, -0.1) is 0 Å². The SMILES string of the molecule is C=Cc1ccc(-c2ccc(-c3ccc(OCC)c(F)c3)cc2)c(F)c1F. The van der Waals surface area contributed by atoms with E-state index in [-0.39, 0.29) is 16.9 Å². The number of hydrogen-bond acceptors (Lipinski definition) is 1. The van der Waals surface area contributed by atoms with Gasteiger partial charge < -0.3 is 4.74 Å². The first-order valence-electron chi connectivity index (χ1n) is 8.18. The van der Waals surface area contributed by atoms with Crippen LogP contribution in [-0.4, -0.2) is 6.61 Å². The van der Waals surface area contributed by atoms with Crippen molar-refractivity contribution in [1.29, 1.82) is 0 Å². The molecule has 0 N–H and O–H groups in total. The van der Waals surface area contributed by atoms with Crippen molar-refractivity contribution in [1.82, 2.24) is 0 Å². The van der Waals surface area contributed by atoms with E-state index in [9.17, 15) is 13.2 Å². The van der Waals surface area contributed by atoms with Gasteiger partial charge in [0.15, 0.2) is 23.2 Å². The molecule has 0 radical (unpaired) electrons. The van der Waals surface area contributed by atoms with Crippen molar-refractivity contribution >= 4 is 6.08 Å². The Labute approximate surface area is 150 Å². The molecule has 0 aliphatic carbocycles. The number of rotatable bonds is 5. The molecule has 3 aromatic rings. The van der Waals surface area contributed by atoms with Crippen LogP contribution >= 0.6 is 0 Å². The molecule has 0 unspecified atom stereocenters. The minimum atomic E-state index is -0.921. The summed E-state index contributed by atoms with van der Waals surface area (Å²) in [5.74, 6) is -2.08. The highest BCUT2D eigenvalue weighted by Crippen LogP contribution is 2.30. The van der Waals surface area contributed by atoms with Crippen LogP contribution in [0.5, 0.6) is 5.75 Å². The van der Waals surface area contributed by atoms with Crippen LogP contribution in [0.4, 0.5) is 13.2 Å². The molecular formula is C22H17F3O. The van der Waals surface area contributed by atoms with Crippen LogP contribution in [0.3, 0.4) is 0 Å². The van der Waals surface area contributed by atoms with E-state index in [2.05, 4.69) is 6.58 Å². The maximum Gasteiger partial charge on any atom is 0.167 e. The Hall–Kier alpha value is -3.01. The van der Waals surface area contributed by atoms with E-state index in [0.29, 0.717) is 17.7 Å². The summed E-state index contributed by atoms with van der Waals surface area (Å²) < 4.78 is 47.4. The summed E-state index contributed by atoms with van der Waals surface area (Å²) in [6.07, 6.45) is 1.27. The number of hydrogen-bond donors (Lipinski definition) is 0. The number of ether oxygens (including phenoxy) is 1. The highest BCUT2D eigenvalue weighted by molar-refractivity contribution is 5.72. The van der Waals surface area contributed by atoms with Crippen LogP contribution < -0.4 is 4.74 Å². The summed E-state index contributed by atoms with van der Waals surface area (Å²) in [6.45, 7) is 5.63. The molecule has 0 fully saturated rings. The van der Waals surface area contributed by atoms with Crippen LogP contribution in [0.1, 0.15) is 12.5 Å². The third kappa shape index (κ3) is 3.36. The molecule has 0 heterocycles.